The first-order chi connectivity index (χ1) is 15.4. The highest BCUT2D eigenvalue weighted by molar-refractivity contribution is 6.30. The largest absolute Gasteiger partial charge is 0.371 e. The number of anilines is 2. The van der Waals surface area contributed by atoms with Gasteiger partial charge in [0.1, 0.15) is 6.04 Å². The summed E-state index contributed by atoms with van der Waals surface area (Å²) >= 11 is 5.88. The molecule has 32 heavy (non-hydrogen) atoms. The Balaban J connectivity index is 1.47. The number of piperidine rings is 1. The fraction of sp³-hybridized carbons (Fsp3) is 0.458. The standard InChI is InChI=1S/C24H32ClN5O2/c1-17(2)15-22(29-24(32)28-20-5-3-19(25)4-6-20)23(31)27-16-18-9-13-30(14-10-18)21-7-11-26-12-8-21/h3-8,11-12,17-18,22H,9-10,13-16H2,1-2H3,(H,27,31)(H2,28,29,32)/t22-/m0/s1. The molecule has 0 radical (unpaired) electrons. The van der Waals surface area contributed by atoms with Crippen LogP contribution in [0.5, 0.6) is 0 Å². The molecule has 1 aliphatic heterocycles. The Kier molecular flexibility index (Phi) is 8.73. The van der Waals surface area contributed by atoms with Crippen LogP contribution in [0.1, 0.15) is 33.1 Å². The first-order valence-electron chi connectivity index (χ1n) is 11.2. The highest BCUT2D eigenvalue weighted by Crippen LogP contribution is 2.22. The predicted octanol–water partition coefficient (Wildman–Crippen LogP) is 4.30. The number of amides is 3. The summed E-state index contributed by atoms with van der Waals surface area (Å²) in [5.74, 6) is 0.561. The summed E-state index contributed by atoms with van der Waals surface area (Å²) in [4.78, 5) is 31.7. The summed E-state index contributed by atoms with van der Waals surface area (Å²) in [5, 5.41) is 9.23. The second kappa shape index (κ2) is 11.7. The SMILES string of the molecule is CC(C)C[C@H](NC(=O)Nc1ccc(Cl)cc1)C(=O)NCC1CCN(c2ccncc2)CC1. The number of aromatic nitrogens is 1. The lowest BCUT2D eigenvalue weighted by molar-refractivity contribution is -0.123. The number of hydrogen-bond donors (Lipinski definition) is 3. The van der Waals surface area contributed by atoms with Crippen LogP contribution in [0, 0.1) is 11.8 Å². The zero-order valence-electron chi connectivity index (χ0n) is 18.7. The fourth-order valence-corrected chi connectivity index (χ4v) is 4.01. The topological polar surface area (TPSA) is 86.4 Å². The van der Waals surface area contributed by atoms with E-state index >= 15 is 0 Å². The maximum Gasteiger partial charge on any atom is 0.319 e. The van der Waals surface area contributed by atoms with Crippen LogP contribution in [-0.2, 0) is 4.79 Å². The monoisotopic (exact) mass is 457 g/mol. The van der Waals surface area contributed by atoms with E-state index in [2.05, 4.69) is 25.8 Å². The van der Waals surface area contributed by atoms with Crippen molar-refractivity contribution in [1.82, 2.24) is 15.6 Å². The molecule has 8 heteroatoms. The average molecular weight is 458 g/mol. The zero-order valence-corrected chi connectivity index (χ0v) is 19.4. The van der Waals surface area contributed by atoms with E-state index in [4.69, 9.17) is 11.6 Å². The Hall–Kier alpha value is -2.80. The highest BCUT2D eigenvalue weighted by Gasteiger charge is 2.24. The molecular formula is C24H32ClN5O2. The molecule has 1 fully saturated rings. The number of carbonyl (C=O) groups is 2. The van der Waals surface area contributed by atoms with Gasteiger partial charge >= 0.3 is 6.03 Å². The molecule has 3 N–H and O–H groups in total. The maximum absolute atomic E-state index is 12.9. The van der Waals surface area contributed by atoms with E-state index < -0.39 is 12.1 Å². The third-order valence-corrected chi connectivity index (χ3v) is 5.89. The van der Waals surface area contributed by atoms with Crippen molar-refractivity contribution in [2.75, 3.05) is 29.9 Å². The molecule has 2 aromatic rings. The fourth-order valence-electron chi connectivity index (χ4n) is 3.88. The summed E-state index contributed by atoms with van der Waals surface area (Å²) in [6.45, 7) is 6.61. The lowest BCUT2D eigenvalue weighted by Gasteiger charge is -2.33. The number of rotatable bonds is 8. The summed E-state index contributed by atoms with van der Waals surface area (Å²) in [6, 6.07) is 9.91. The minimum atomic E-state index is -0.584. The normalized spacial score (nSPS) is 15.3. The van der Waals surface area contributed by atoms with Crippen LogP contribution in [0.2, 0.25) is 5.02 Å². The number of benzene rings is 1. The molecule has 0 saturated carbocycles. The Morgan fingerprint density at radius 1 is 1.09 bits per heavy atom. The van der Waals surface area contributed by atoms with Gasteiger partial charge in [-0.25, -0.2) is 4.79 Å². The number of hydrogen-bond acceptors (Lipinski definition) is 4. The van der Waals surface area contributed by atoms with Gasteiger partial charge in [-0.05, 0) is 67.5 Å². The van der Waals surface area contributed by atoms with Crippen LogP contribution in [-0.4, -0.2) is 42.6 Å². The number of halogens is 1. The van der Waals surface area contributed by atoms with Gasteiger partial charge in [0.2, 0.25) is 5.91 Å². The molecule has 1 saturated heterocycles. The van der Waals surface area contributed by atoms with Gasteiger partial charge in [-0.15, -0.1) is 0 Å². The van der Waals surface area contributed by atoms with Crippen LogP contribution in [0.25, 0.3) is 0 Å². The van der Waals surface area contributed by atoms with Crippen molar-refractivity contribution in [3.63, 3.8) is 0 Å². The number of urea groups is 1. The minimum Gasteiger partial charge on any atom is -0.371 e. The van der Waals surface area contributed by atoms with Gasteiger partial charge in [0, 0.05) is 48.4 Å². The van der Waals surface area contributed by atoms with Gasteiger partial charge in [-0.1, -0.05) is 25.4 Å². The molecule has 1 aromatic carbocycles. The van der Waals surface area contributed by atoms with Crippen molar-refractivity contribution < 1.29 is 9.59 Å². The lowest BCUT2D eigenvalue weighted by Crippen LogP contribution is -2.50. The lowest BCUT2D eigenvalue weighted by atomic mass is 9.96. The summed E-state index contributed by atoms with van der Waals surface area (Å²) in [5.41, 5.74) is 1.81. The van der Waals surface area contributed by atoms with Gasteiger partial charge in [-0.3, -0.25) is 9.78 Å². The third kappa shape index (κ3) is 7.41. The van der Waals surface area contributed by atoms with Crippen LogP contribution < -0.4 is 20.9 Å². The van der Waals surface area contributed by atoms with Crippen LogP contribution in [0.3, 0.4) is 0 Å². The molecule has 172 valence electrons. The second-order valence-corrected chi connectivity index (χ2v) is 9.10. The number of nitrogens with zero attached hydrogens (tertiary/aromatic N) is 2. The van der Waals surface area contributed by atoms with Gasteiger partial charge in [0.15, 0.2) is 0 Å². The summed E-state index contributed by atoms with van der Waals surface area (Å²) in [7, 11) is 0. The molecule has 1 aromatic heterocycles. The van der Waals surface area contributed by atoms with Crippen molar-refractivity contribution in [2.24, 2.45) is 11.8 Å². The molecule has 1 atom stereocenters. The Morgan fingerprint density at radius 3 is 2.38 bits per heavy atom. The van der Waals surface area contributed by atoms with Crippen LogP contribution in [0.15, 0.2) is 48.8 Å². The number of nitrogens with one attached hydrogen (secondary N) is 3. The summed E-state index contributed by atoms with van der Waals surface area (Å²) in [6.07, 6.45) is 6.23. The van der Waals surface area contributed by atoms with E-state index in [0.29, 0.717) is 29.6 Å². The average Bonchev–Trinajstić information content (AvgIpc) is 2.79. The Labute approximate surface area is 194 Å². The van der Waals surface area contributed by atoms with Crippen molar-refractivity contribution in [2.45, 2.75) is 39.2 Å². The van der Waals surface area contributed by atoms with E-state index in [1.807, 2.05) is 38.4 Å². The van der Waals surface area contributed by atoms with E-state index in [1.165, 1.54) is 5.69 Å². The van der Waals surface area contributed by atoms with Gasteiger partial charge in [0.25, 0.3) is 0 Å². The molecule has 0 bridgehead atoms. The number of pyridine rings is 1. The molecule has 0 spiro atoms. The minimum absolute atomic E-state index is 0.137. The van der Waals surface area contributed by atoms with Gasteiger partial charge < -0.3 is 20.9 Å². The second-order valence-electron chi connectivity index (χ2n) is 8.67. The van der Waals surface area contributed by atoms with Crippen molar-refractivity contribution >= 4 is 34.9 Å². The predicted molar refractivity (Wildman–Crippen MR) is 129 cm³/mol. The molecule has 3 rings (SSSR count). The van der Waals surface area contributed by atoms with Crippen LogP contribution in [0.4, 0.5) is 16.2 Å². The van der Waals surface area contributed by atoms with Crippen molar-refractivity contribution in [3.8, 4) is 0 Å². The quantitative estimate of drug-likeness (QED) is 0.551. The summed E-state index contributed by atoms with van der Waals surface area (Å²) < 4.78 is 0. The number of carbonyl (C=O) groups excluding carboxylic acids is 2. The third-order valence-electron chi connectivity index (χ3n) is 5.64. The van der Waals surface area contributed by atoms with Gasteiger partial charge in [0.05, 0.1) is 0 Å². The Bertz CT molecular complexity index is 868. The zero-order chi connectivity index (χ0) is 22.9. The molecule has 0 aliphatic carbocycles. The maximum atomic E-state index is 12.9. The smallest absolute Gasteiger partial charge is 0.319 e. The molecule has 1 aliphatic rings. The van der Waals surface area contributed by atoms with E-state index in [0.717, 1.165) is 25.9 Å². The van der Waals surface area contributed by atoms with E-state index in [1.54, 1.807) is 24.3 Å². The van der Waals surface area contributed by atoms with Crippen molar-refractivity contribution in [3.05, 3.63) is 53.8 Å². The van der Waals surface area contributed by atoms with E-state index in [9.17, 15) is 9.59 Å². The Morgan fingerprint density at radius 2 is 1.75 bits per heavy atom. The highest BCUT2D eigenvalue weighted by atomic mass is 35.5. The molecule has 0 unspecified atom stereocenters. The molecule has 3 amide bonds. The van der Waals surface area contributed by atoms with Gasteiger partial charge in [-0.2, -0.15) is 0 Å². The molecule has 2 heterocycles. The molecule has 7 nitrogen and oxygen atoms in total. The van der Waals surface area contributed by atoms with Crippen LogP contribution >= 0.6 is 11.6 Å². The molecular weight excluding hydrogens is 426 g/mol. The first kappa shape index (κ1) is 23.9. The van der Waals surface area contributed by atoms with Crippen molar-refractivity contribution in [1.29, 1.82) is 0 Å². The first-order valence-corrected chi connectivity index (χ1v) is 11.5. The van der Waals surface area contributed by atoms with E-state index in [-0.39, 0.29) is 11.8 Å².